The Morgan fingerprint density at radius 3 is 1.71 bits per heavy atom. The third-order valence-corrected chi connectivity index (χ3v) is 2.55. The molecule has 3 nitrogen and oxygen atoms in total. The summed E-state index contributed by atoms with van der Waals surface area (Å²) in [5.41, 5.74) is -0.0572. The summed E-state index contributed by atoms with van der Waals surface area (Å²) in [5, 5.41) is 3.34. The summed E-state index contributed by atoms with van der Waals surface area (Å²) in [5.74, 6) is -0.558. The SMILES string of the molecule is COC(CNC(C)C)(OC)C(C)(C)C. The summed E-state index contributed by atoms with van der Waals surface area (Å²) in [6.45, 7) is 11.3. The Hall–Kier alpha value is -0.120. The van der Waals surface area contributed by atoms with Crippen molar-refractivity contribution < 1.29 is 9.47 Å². The monoisotopic (exact) mass is 203 g/mol. The lowest BCUT2D eigenvalue weighted by Crippen LogP contribution is -2.54. The maximum atomic E-state index is 5.52. The highest BCUT2D eigenvalue weighted by atomic mass is 16.7. The van der Waals surface area contributed by atoms with Gasteiger partial charge in [0.1, 0.15) is 0 Å². The van der Waals surface area contributed by atoms with E-state index in [4.69, 9.17) is 9.47 Å². The Labute approximate surface area is 88.2 Å². The summed E-state index contributed by atoms with van der Waals surface area (Å²) in [7, 11) is 3.38. The topological polar surface area (TPSA) is 30.5 Å². The van der Waals surface area contributed by atoms with Crippen molar-refractivity contribution in [2.45, 2.75) is 46.4 Å². The average molecular weight is 203 g/mol. The van der Waals surface area contributed by atoms with Gasteiger partial charge in [-0.2, -0.15) is 0 Å². The van der Waals surface area contributed by atoms with E-state index in [2.05, 4.69) is 39.9 Å². The first-order valence-corrected chi connectivity index (χ1v) is 5.13. The first kappa shape index (κ1) is 13.9. The summed E-state index contributed by atoms with van der Waals surface area (Å²) >= 11 is 0. The molecule has 0 spiro atoms. The Morgan fingerprint density at radius 2 is 1.50 bits per heavy atom. The summed E-state index contributed by atoms with van der Waals surface area (Å²) < 4.78 is 11.0. The van der Waals surface area contributed by atoms with Gasteiger partial charge in [-0.15, -0.1) is 0 Å². The molecule has 0 aromatic rings. The molecule has 0 aromatic carbocycles. The van der Waals surface area contributed by atoms with Crippen molar-refractivity contribution in [2.24, 2.45) is 5.41 Å². The van der Waals surface area contributed by atoms with E-state index >= 15 is 0 Å². The molecular weight excluding hydrogens is 178 g/mol. The minimum Gasteiger partial charge on any atom is -0.351 e. The van der Waals surface area contributed by atoms with E-state index in [0.29, 0.717) is 12.6 Å². The smallest absolute Gasteiger partial charge is 0.184 e. The molecule has 0 rings (SSSR count). The highest BCUT2D eigenvalue weighted by molar-refractivity contribution is 4.86. The first-order valence-electron chi connectivity index (χ1n) is 5.13. The van der Waals surface area contributed by atoms with Crippen LogP contribution in [-0.2, 0) is 9.47 Å². The Morgan fingerprint density at radius 1 is 1.07 bits per heavy atom. The van der Waals surface area contributed by atoms with Crippen LogP contribution in [0.5, 0.6) is 0 Å². The minimum absolute atomic E-state index is 0.0572. The molecule has 86 valence electrons. The van der Waals surface area contributed by atoms with Crippen LogP contribution in [0, 0.1) is 5.41 Å². The summed E-state index contributed by atoms with van der Waals surface area (Å²) in [4.78, 5) is 0. The van der Waals surface area contributed by atoms with E-state index in [0.717, 1.165) is 0 Å². The maximum absolute atomic E-state index is 5.52. The number of hydrogen-bond donors (Lipinski definition) is 1. The van der Waals surface area contributed by atoms with Gasteiger partial charge in [-0.05, 0) is 0 Å². The summed E-state index contributed by atoms with van der Waals surface area (Å²) in [6.07, 6.45) is 0. The second-order valence-corrected chi connectivity index (χ2v) is 4.95. The molecule has 0 heterocycles. The lowest BCUT2D eigenvalue weighted by Gasteiger charge is -2.42. The molecule has 0 aliphatic heterocycles. The van der Waals surface area contributed by atoms with Crippen LogP contribution in [0.25, 0.3) is 0 Å². The average Bonchev–Trinajstić information content (AvgIpc) is 2.04. The standard InChI is InChI=1S/C11H25NO2/c1-9(2)12-8-11(13-6,14-7)10(3,4)5/h9,12H,8H2,1-7H3. The predicted molar refractivity (Wildman–Crippen MR) is 59.3 cm³/mol. The molecule has 1 N–H and O–H groups in total. The van der Waals surface area contributed by atoms with Gasteiger partial charge < -0.3 is 14.8 Å². The van der Waals surface area contributed by atoms with Crippen molar-refractivity contribution in [2.75, 3.05) is 20.8 Å². The van der Waals surface area contributed by atoms with Crippen LogP contribution in [0.15, 0.2) is 0 Å². The van der Waals surface area contributed by atoms with Crippen molar-refractivity contribution in [1.82, 2.24) is 5.32 Å². The quantitative estimate of drug-likeness (QED) is 0.693. The fourth-order valence-electron chi connectivity index (χ4n) is 1.44. The lowest BCUT2D eigenvalue weighted by molar-refractivity contribution is -0.260. The Balaban J connectivity index is 4.55. The number of hydrogen-bond acceptors (Lipinski definition) is 3. The van der Waals surface area contributed by atoms with Gasteiger partial charge in [0.25, 0.3) is 0 Å². The van der Waals surface area contributed by atoms with E-state index < -0.39 is 5.79 Å². The van der Waals surface area contributed by atoms with Crippen LogP contribution in [0.1, 0.15) is 34.6 Å². The molecule has 0 saturated carbocycles. The number of ether oxygens (including phenoxy) is 2. The molecule has 0 aromatic heterocycles. The van der Waals surface area contributed by atoms with Crippen molar-refractivity contribution in [3.05, 3.63) is 0 Å². The van der Waals surface area contributed by atoms with Crippen molar-refractivity contribution >= 4 is 0 Å². The molecule has 14 heavy (non-hydrogen) atoms. The van der Waals surface area contributed by atoms with Crippen molar-refractivity contribution in [3.63, 3.8) is 0 Å². The Bertz CT molecular complexity index is 157. The van der Waals surface area contributed by atoms with Gasteiger partial charge in [-0.3, -0.25) is 0 Å². The zero-order chi connectivity index (χ0) is 11.4. The second kappa shape index (κ2) is 5.10. The molecule has 0 fully saturated rings. The van der Waals surface area contributed by atoms with Crippen LogP contribution in [0.4, 0.5) is 0 Å². The molecule has 0 saturated heterocycles. The van der Waals surface area contributed by atoms with Crippen molar-refractivity contribution in [3.8, 4) is 0 Å². The van der Waals surface area contributed by atoms with Crippen LogP contribution >= 0.6 is 0 Å². The Kier molecular flexibility index (Phi) is 5.06. The van der Waals surface area contributed by atoms with Gasteiger partial charge in [0.15, 0.2) is 5.79 Å². The van der Waals surface area contributed by atoms with Gasteiger partial charge in [-0.1, -0.05) is 34.6 Å². The molecule has 0 aliphatic rings. The molecule has 0 bridgehead atoms. The van der Waals surface area contributed by atoms with Gasteiger partial charge in [-0.25, -0.2) is 0 Å². The van der Waals surface area contributed by atoms with Gasteiger partial charge in [0.05, 0.1) is 6.54 Å². The van der Waals surface area contributed by atoms with Crippen LogP contribution in [0.2, 0.25) is 0 Å². The fourth-order valence-corrected chi connectivity index (χ4v) is 1.44. The molecule has 0 amide bonds. The third kappa shape index (κ3) is 3.23. The zero-order valence-corrected chi connectivity index (χ0v) is 10.6. The first-order chi connectivity index (χ1) is 6.29. The van der Waals surface area contributed by atoms with Crippen molar-refractivity contribution in [1.29, 1.82) is 0 Å². The number of nitrogens with one attached hydrogen (secondary N) is 1. The number of methoxy groups -OCH3 is 2. The molecular formula is C11H25NO2. The van der Waals surface area contributed by atoms with E-state index in [9.17, 15) is 0 Å². The van der Waals surface area contributed by atoms with Crippen LogP contribution in [-0.4, -0.2) is 32.6 Å². The molecule has 0 unspecified atom stereocenters. The third-order valence-electron chi connectivity index (χ3n) is 2.55. The second-order valence-electron chi connectivity index (χ2n) is 4.95. The zero-order valence-electron chi connectivity index (χ0n) is 10.6. The van der Waals surface area contributed by atoms with Gasteiger partial charge in [0, 0.05) is 25.7 Å². The number of rotatable bonds is 5. The normalized spacial score (nSPS) is 13.7. The largest absolute Gasteiger partial charge is 0.351 e. The van der Waals surface area contributed by atoms with Gasteiger partial charge in [0.2, 0.25) is 0 Å². The maximum Gasteiger partial charge on any atom is 0.184 e. The lowest BCUT2D eigenvalue weighted by atomic mass is 9.85. The molecule has 0 atom stereocenters. The molecule has 3 heteroatoms. The summed E-state index contributed by atoms with van der Waals surface area (Å²) in [6, 6.07) is 0.432. The van der Waals surface area contributed by atoms with E-state index in [1.807, 2.05) is 0 Å². The highest BCUT2D eigenvalue weighted by Crippen LogP contribution is 2.33. The minimum atomic E-state index is -0.558. The van der Waals surface area contributed by atoms with Crippen LogP contribution < -0.4 is 5.32 Å². The predicted octanol–water partition coefficient (Wildman–Crippen LogP) is 2.02. The highest BCUT2D eigenvalue weighted by Gasteiger charge is 2.42. The van der Waals surface area contributed by atoms with Crippen LogP contribution in [0.3, 0.4) is 0 Å². The fraction of sp³-hybridized carbons (Fsp3) is 1.00. The van der Waals surface area contributed by atoms with E-state index in [1.54, 1.807) is 14.2 Å². The van der Waals surface area contributed by atoms with E-state index in [-0.39, 0.29) is 5.41 Å². The van der Waals surface area contributed by atoms with E-state index in [1.165, 1.54) is 0 Å². The molecule has 0 radical (unpaired) electrons. The molecule has 0 aliphatic carbocycles. The van der Waals surface area contributed by atoms with Gasteiger partial charge >= 0.3 is 0 Å².